The molecule has 7 nitrogen and oxygen atoms in total. The Bertz CT molecular complexity index is 1180. The van der Waals surface area contributed by atoms with E-state index < -0.39 is 27.7 Å². The van der Waals surface area contributed by atoms with Gasteiger partial charge in [0, 0.05) is 18.9 Å². The molecule has 0 aliphatic carbocycles. The molecule has 0 radical (unpaired) electrons. The Morgan fingerprint density at radius 1 is 1.21 bits per heavy atom. The van der Waals surface area contributed by atoms with Gasteiger partial charge in [0.2, 0.25) is 15.9 Å². The Balaban J connectivity index is 1.67. The average molecular weight is 447 g/mol. The van der Waals surface area contributed by atoms with Crippen LogP contribution >= 0.6 is 11.6 Å². The minimum absolute atomic E-state index is 0.0487. The van der Waals surface area contributed by atoms with Crippen LogP contribution in [0.4, 0.5) is 13.2 Å². The molecule has 0 fully saturated rings. The number of fused-ring (bicyclic) bond motifs is 1. The molecule has 1 amide bonds. The monoisotopic (exact) mass is 446 g/mol. The number of alkyl halides is 3. The Kier molecular flexibility index (Phi) is 5.57. The predicted molar refractivity (Wildman–Crippen MR) is 98.6 cm³/mol. The van der Waals surface area contributed by atoms with Crippen LogP contribution < -0.4 is 10.5 Å². The number of pyridine rings is 1. The lowest BCUT2D eigenvalue weighted by Gasteiger charge is -2.07. The molecule has 0 aliphatic rings. The van der Waals surface area contributed by atoms with Crippen LogP contribution in [0.3, 0.4) is 0 Å². The fraction of sp³-hybridized carbons (Fsp3) is 0.176. The summed E-state index contributed by atoms with van der Waals surface area (Å²) in [7, 11) is -3.80. The predicted octanol–water partition coefficient (Wildman–Crippen LogP) is 2.51. The highest BCUT2D eigenvalue weighted by atomic mass is 35.5. The molecule has 2 heterocycles. The van der Waals surface area contributed by atoms with Gasteiger partial charge in [-0.1, -0.05) is 23.7 Å². The van der Waals surface area contributed by atoms with E-state index >= 15 is 0 Å². The van der Waals surface area contributed by atoms with Gasteiger partial charge in [-0.15, -0.1) is 0 Å². The van der Waals surface area contributed by atoms with Gasteiger partial charge in [-0.25, -0.2) is 18.5 Å². The number of nitrogens with two attached hydrogens (primary N) is 1. The van der Waals surface area contributed by atoms with Crippen molar-refractivity contribution in [2.45, 2.75) is 24.0 Å². The maximum Gasteiger partial charge on any atom is 0.417 e. The number of sulfonamides is 1. The Morgan fingerprint density at radius 3 is 2.45 bits per heavy atom. The first-order valence-electron chi connectivity index (χ1n) is 8.06. The molecular weight excluding hydrogens is 433 g/mol. The van der Waals surface area contributed by atoms with Crippen LogP contribution in [0.25, 0.3) is 5.65 Å². The van der Waals surface area contributed by atoms with Gasteiger partial charge in [-0.05, 0) is 23.8 Å². The summed E-state index contributed by atoms with van der Waals surface area (Å²) < 4.78 is 62.2. The third-order valence-corrected chi connectivity index (χ3v) is 5.17. The lowest BCUT2D eigenvalue weighted by atomic mass is 10.2. The fourth-order valence-electron chi connectivity index (χ4n) is 2.57. The second-order valence-electron chi connectivity index (χ2n) is 6.18. The first-order valence-corrected chi connectivity index (χ1v) is 9.98. The molecule has 3 rings (SSSR count). The van der Waals surface area contributed by atoms with Crippen molar-refractivity contribution in [3.63, 3.8) is 0 Å². The van der Waals surface area contributed by atoms with Crippen molar-refractivity contribution in [3.05, 3.63) is 64.6 Å². The quantitative estimate of drug-likeness (QED) is 0.628. The van der Waals surface area contributed by atoms with E-state index in [0.717, 1.165) is 16.7 Å². The summed E-state index contributed by atoms with van der Waals surface area (Å²) in [5.41, 5.74) is 0.0688. The van der Waals surface area contributed by atoms with Crippen LogP contribution in [-0.4, -0.2) is 23.7 Å². The smallest absolute Gasteiger partial charge is 0.352 e. The van der Waals surface area contributed by atoms with Gasteiger partial charge in [0.15, 0.2) is 5.65 Å². The molecule has 3 N–H and O–H groups in total. The summed E-state index contributed by atoms with van der Waals surface area (Å²) in [6, 6.07) is 6.42. The van der Waals surface area contributed by atoms with E-state index in [-0.39, 0.29) is 34.2 Å². The number of halogens is 4. The molecule has 29 heavy (non-hydrogen) atoms. The van der Waals surface area contributed by atoms with Gasteiger partial charge >= 0.3 is 6.18 Å². The van der Waals surface area contributed by atoms with Crippen molar-refractivity contribution in [3.8, 4) is 0 Å². The molecule has 0 saturated carbocycles. The van der Waals surface area contributed by atoms with Crippen LogP contribution in [0.1, 0.15) is 16.8 Å². The maximum atomic E-state index is 12.9. The zero-order valence-electron chi connectivity index (χ0n) is 14.6. The number of nitrogens with zero attached hydrogens (tertiary/aromatic N) is 2. The first kappa shape index (κ1) is 21.1. The normalized spacial score (nSPS) is 12.3. The molecule has 0 atom stereocenters. The van der Waals surface area contributed by atoms with E-state index in [2.05, 4.69) is 10.3 Å². The summed E-state index contributed by atoms with van der Waals surface area (Å²) in [4.78, 5) is 16.2. The molecule has 12 heteroatoms. The van der Waals surface area contributed by atoms with E-state index in [1.807, 2.05) is 0 Å². The van der Waals surface area contributed by atoms with E-state index in [9.17, 15) is 26.4 Å². The highest BCUT2D eigenvalue weighted by Gasteiger charge is 2.32. The summed E-state index contributed by atoms with van der Waals surface area (Å²) >= 11 is 5.87. The molecule has 0 saturated heterocycles. The van der Waals surface area contributed by atoms with Crippen molar-refractivity contribution in [1.29, 1.82) is 0 Å². The first-order chi connectivity index (χ1) is 13.4. The number of rotatable bonds is 5. The van der Waals surface area contributed by atoms with Gasteiger partial charge in [0.25, 0.3) is 0 Å². The number of hydrogen-bond acceptors (Lipinski definition) is 4. The number of carbonyl (C=O) groups excluding carboxylic acids is 1. The third-order valence-electron chi connectivity index (χ3n) is 3.97. The number of amides is 1. The number of nitrogens with one attached hydrogen (secondary N) is 1. The van der Waals surface area contributed by atoms with Crippen molar-refractivity contribution in [2.75, 3.05) is 0 Å². The van der Waals surface area contributed by atoms with Gasteiger partial charge in [0.1, 0.15) is 0 Å². The minimum atomic E-state index is -4.56. The fourth-order valence-corrected chi connectivity index (χ4v) is 3.35. The minimum Gasteiger partial charge on any atom is -0.352 e. The highest BCUT2D eigenvalue weighted by Crippen LogP contribution is 2.32. The van der Waals surface area contributed by atoms with Crippen LogP contribution in [0, 0.1) is 0 Å². The lowest BCUT2D eigenvalue weighted by Crippen LogP contribution is -2.24. The van der Waals surface area contributed by atoms with Crippen molar-refractivity contribution >= 4 is 33.2 Å². The highest BCUT2D eigenvalue weighted by molar-refractivity contribution is 7.89. The van der Waals surface area contributed by atoms with Crippen LogP contribution in [0.2, 0.25) is 5.02 Å². The SMILES string of the molecule is NS(=O)(=O)c1ccc(CNC(=O)Cc2cn3cc(C(F)(F)F)cc(Cl)c3n2)cc1. The van der Waals surface area contributed by atoms with Crippen molar-refractivity contribution < 1.29 is 26.4 Å². The molecular formula is C17H14ClF3N4O3S. The molecule has 0 spiro atoms. The van der Waals surface area contributed by atoms with Crippen molar-refractivity contribution in [2.24, 2.45) is 5.14 Å². The zero-order valence-corrected chi connectivity index (χ0v) is 16.1. The van der Waals surface area contributed by atoms with Crippen LogP contribution in [-0.2, 0) is 34.0 Å². The van der Waals surface area contributed by atoms with E-state index in [1.165, 1.54) is 30.5 Å². The van der Waals surface area contributed by atoms with E-state index in [4.69, 9.17) is 16.7 Å². The number of primary sulfonamides is 1. The number of carbonyl (C=O) groups is 1. The number of hydrogen-bond donors (Lipinski definition) is 2. The largest absolute Gasteiger partial charge is 0.417 e. The molecule has 0 bridgehead atoms. The maximum absolute atomic E-state index is 12.9. The second kappa shape index (κ2) is 7.65. The van der Waals surface area contributed by atoms with Crippen molar-refractivity contribution in [1.82, 2.24) is 14.7 Å². The summed E-state index contributed by atoms with van der Waals surface area (Å²) in [5, 5.41) is 7.45. The van der Waals surface area contributed by atoms with Gasteiger partial charge < -0.3 is 9.72 Å². The number of benzene rings is 1. The van der Waals surface area contributed by atoms with E-state index in [0.29, 0.717) is 5.56 Å². The third kappa shape index (κ3) is 5.05. The molecule has 2 aromatic heterocycles. The molecule has 0 aliphatic heterocycles. The number of imidazole rings is 1. The summed E-state index contributed by atoms with van der Waals surface area (Å²) in [6.45, 7) is 0.121. The van der Waals surface area contributed by atoms with Crippen LogP contribution in [0.15, 0.2) is 47.6 Å². The summed E-state index contributed by atoms with van der Waals surface area (Å²) in [6.07, 6.45) is -2.58. The lowest BCUT2D eigenvalue weighted by molar-refractivity contribution is -0.137. The van der Waals surface area contributed by atoms with Crippen LogP contribution in [0.5, 0.6) is 0 Å². The number of aromatic nitrogens is 2. The molecule has 3 aromatic rings. The Morgan fingerprint density at radius 2 is 1.86 bits per heavy atom. The van der Waals surface area contributed by atoms with Gasteiger partial charge in [0.05, 0.1) is 27.6 Å². The standard InChI is InChI=1S/C17H14ClF3N4O3S/c18-14-5-11(17(19,20)21)8-25-9-12(24-16(14)25)6-15(26)23-7-10-1-3-13(4-2-10)29(22,27)28/h1-5,8-9H,6-7H2,(H,23,26)(H2,22,27,28). The van der Waals surface area contributed by atoms with E-state index in [1.54, 1.807) is 0 Å². The Labute approximate surface area is 168 Å². The summed E-state index contributed by atoms with van der Waals surface area (Å²) in [5.74, 6) is -0.420. The van der Waals surface area contributed by atoms with Gasteiger partial charge in [-0.2, -0.15) is 13.2 Å². The van der Waals surface area contributed by atoms with Gasteiger partial charge in [-0.3, -0.25) is 4.79 Å². The molecule has 1 aromatic carbocycles. The average Bonchev–Trinajstić information content (AvgIpc) is 3.02. The molecule has 0 unspecified atom stereocenters. The Hall–Kier alpha value is -2.63. The topological polar surface area (TPSA) is 107 Å². The second-order valence-corrected chi connectivity index (χ2v) is 8.15. The zero-order chi connectivity index (χ0) is 21.4. The molecule has 154 valence electrons.